The lowest BCUT2D eigenvalue weighted by molar-refractivity contribution is 0.414. The highest BCUT2D eigenvalue weighted by atomic mass is 16.5. The monoisotopic (exact) mass is 268 g/mol. The summed E-state index contributed by atoms with van der Waals surface area (Å²) in [5.41, 5.74) is 3.10. The predicted octanol–water partition coefficient (Wildman–Crippen LogP) is 3.35. The molecule has 3 rings (SSSR count). The summed E-state index contributed by atoms with van der Waals surface area (Å²) in [7, 11) is 3.34. The van der Waals surface area contributed by atoms with Gasteiger partial charge in [0.25, 0.3) is 0 Å². The van der Waals surface area contributed by atoms with Crippen LogP contribution < -0.4 is 9.47 Å². The van der Waals surface area contributed by atoms with Crippen LogP contribution in [0.15, 0.2) is 42.6 Å². The molecule has 0 spiro atoms. The summed E-state index contributed by atoms with van der Waals surface area (Å²) < 4.78 is 12.4. The Morgan fingerprint density at radius 1 is 0.950 bits per heavy atom. The fourth-order valence-corrected chi connectivity index (χ4v) is 2.27. The van der Waals surface area contributed by atoms with E-state index in [0.717, 1.165) is 33.7 Å². The van der Waals surface area contributed by atoms with E-state index >= 15 is 0 Å². The number of methoxy groups -OCH3 is 2. The molecule has 2 aromatic carbocycles. The Bertz CT molecular complexity index is 762. The number of fused-ring (bicyclic) bond motifs is 1. The van der Waals surface area contributed by atoms with E-state index in [-0.39, 0.29) is 0 Å². The van der Waals surface area contributed by atoms with Gasteiger partial charge in [0.05, 0.1) is 25.4 Å². The summed E-state index contributed by atoms with van der Waals surface area (Å²) >= 11 is 0. The van der Waals surface area contributed by atoms with Crippen molar-refractivity contribution in [3.8, 4) is 17.2 Å². The first-order chi connectivity index (χ1) is 9.71. The van der Waals surface area contributed by atoms with Crippen molar-refractivity contribution in [1.82, 2.24) is 9.78 Å². The maximum Gasteiger partial charge on any atom is 0.119 e. The lowest BCUT2D eigenvalue weighted by atomic mass is 10.2. The van der Waals surface area contributed by atoms with E-state index in [0.29, 0.717) is 0 Å². The number of hydrogen-bond donors (Lipinski definition) is 0. The Morgan fingerprint density at radius 2 is 1.65 bits per heavy atom. The van der Waals surface area contributed by atoms with Gasteiger partial charge < -0.3 is 9.47 Å². The van der Waals surface area contributed by atoms with E-state index < -0.39 is 0 Å². The Kier molecular flexibility index (Phi) is 3.06. The minimum atomic E-state index is 0.837. The molecule has 0 atom stereocenters. The van der Waals surface area contributed by atoms with Crippen LogP contribution in [0.5, 0.6) is 11.5 Å². The highest BCUT2D eigenvalue weighted by Gasteiger charge is 2.07. The molecule has 0 aliphatic heterocycles. The van der Waals surface area contributed by atoms with Crippen LogP contribution in [0, 0.1) is 6.92 Å². The van der Waals surface area contributed by atoms with Crippen LogP contribution in [0.2, 0.25) is 0 Å². The molecule has 0 bridgehead atoms. The average Bonchev–Trinajstić information content (AvgIpc) is 2.89. The van der Waals surface area contributed by atoms with Crippen LogP contribution in [0.4, 0.5) is 0 Å². The average molecular weight is 268 g/mol. The van der Waals surface area contributed by atoms with Gasteiger partial charge in [0.15, 0.2) is 0 Å². The van der Waals surface area contributed by atoms with Gasteiger partial charge in [-0.3, -0.25) is 0 Å². The van der Waals surface area contributed by atoms with Crippen LogP contribution >= 0.6 is 0 Å². The summed E-state index contributed by atoms with van der Waals surface area (Å²) in [6.07, 6.45) is 2.01. The summed E-state index contributed by atoms with van der Waals surface area (Å²) in [5, 5.41) is 5.65. The van der Waals surface area contributed by atoms with Crippen LogP contribution in [0.3, 0.4) is 0 Å². The number of hydrogen-bond acceptors (Lipinski definition) is 3. The van der Waals surface area contributed by atoms with Crippen molar-refractivity contribution >= 4 is 10.9 Å². The number of benzene rings is 2. The van der Waals surface area contributed by atoms with Gasteiger partial charge in [0.1, 0.15) is 11.5 Å². The van der Waals surface area contributed by atoms with Gasteiger partial charge in [0.2, 0.25) is 0 Å². The zero-order valence-electron chi connectivity index (χ0n) is 11.8. The smallest absolute Gasteiger partial charge is 0.119 e. The molecular weight excluding hydrogens is 252 g/mol. The topological polar surface area (TPSA) is 36.3 Å². The first-order valence-corrected chi connectivity index (χ1v) is 6.39. The van der Waals surface area contributed by atoms with Crippen LogP contribution in [0.25, 0.3) is 16.6 Å². The first-order valence-electron chi connectivity index (χ1n) is 6.39. The van der Waals surface area contributed by atoms with Crippen molar-refractivity contribution in [2.24, 2.45) is 0 Å². The Morgan fingerprint density at radius 3 is 2.35 bits per heavy atom. The van der Waals surface area contributed by atoms with Gasteiger partial charge in [0, 0.05) is 11.6 Å². The fourth-order valence-electron chi connectivity index (χ4n) is 2.27. The minimum Gasteiger partial charge on any atom is -0.497 e. The summed E-state index contributed by atoms with van der Waals surface area (Å²) in [5.74, 6) is 1.69. The second kappa shape index (κ2) is 4.89. The van der Waals surface area contributed by atoms with E-state index in [1.807, 2.05) is 54.2 Å². The second-order valence-corrected chi connectivity index (χ2v) is 4.65. The van der Waals surface area contributed by atoms with E-state index in [9.17, 15) is 0 Å². The minimum absolute atomic E-state index is 0.837. The van der Waals surface area contributed by atoms with Crippen molar-refractivity contribution in [1.29, 1.82) is 0 Å². The molecule has 0 saturated heterocycles. The van der Waals surface area contributed by atoms with Gasteiger partial charge in [-0.1, -0.05) is 0 Å². The molecule has 0 aliphatic carbocycles. The normalized spacial score (nSPS) is 10.8. The molecule has 4 nitrogen and oxygen atoms in total. The van der Waals surface area contributed by atoms with E-state index in [1.165, 1.54) is 0 Å². The number of ether oxygens (including phenoxy) is 2. The number of aromatic nitrogens is 2. The molecule has 0 fully saturated rings. The standard InChI is InChI=1S/C16H16N2O2/c1-11-8-13(19-2)5-7-16(11)18-10-12-9-14(20-3)4-6-15(12)17-18/h4-10H,1-3H3. The summed E-state index contributed by atoms with van der Waals surface area (Å²) in [6, 6.07) is 11.8. The van der Waals surface area contributed by atoms with Gasteiger partial charge in [-0.15, -0.1) is 0 Å². The molecular formula is C16H16N2O2. The van der Waals surface area contributed by atoms with Gasteiger partial charge in [-0.25, -0.2) is 4.68 Å². The van der Waals surface area contributed by atoms with Crippen molar-refractivity contribution in [3.05, 3.63) is 48.2 Å². The van der Waals surface area contributed by atoms with Crippen LogP contribution in [-0.4, -0.2) is 24.0 Å². The summed E-state index contributed by atoms with van der Waals surface area (Å²) in [4.78, 5) is 0. The van der Waals surface area contributed by atoms with Crippen molar-refractivity contribution in [2.45, 2.75) is 6.92 Å². The SMILES string of the molecule is COc1ccc(-n2cc3cc(OC)ccc3n2)c(C)c1. The number of aryl methyl sites for hydroxylation is 1. The molecule has 1 heterocycles. The zero-order chi connectivity index (χ0) is 14.1. The Hall–Kier alpha value is -2.49. The molecule has 4 heteroatoms. The van der Waals surface area contributed by atoms with Crippen LogP contribution in [0.1, 0.15) is 5.56 Å². The molecule has 102 valence electrons. The molecule has 3 aromatic rings. The molecule has 1 aromatic heterocycles. The quantitative estimate of drug-likeness (QED) is 0.731. The zero-order valence-corrected chi connectivity index (χ0v) is 11.8. The lowest BCUT2D eigenvalue weighted by Crippen LogP contribution is -1.97. The predicted molar refractivity (Wildman–Crippen MR) is 78.9 cm³/mol. The van der Waals surface area contributed by atoms with Gasteiger partial charge >= 0.3 is 0 Å². The molecule has 0 N–H and O–H groups in total. The third kappa shape index (κ3) is 2.09. The third-order valence-electron chi connectivity index (χ3n) is 3.36. The number of rotatable bonds is 3. The molecule has 20 heavy (non-hydrogen) atoms. The van der Waals surface area contributed by atoms with E-state index in [1.54, 1.807) is 14.2 Å². The van der Waals surface area contributed by atoms with E-state index in [4.69, 9.17) is 9.47 Å². The highest BCUT2D eigenvalue weighted by molar-refractivity contribution is 5.80. The molecule has 0 amide bonds. The van der Waals surface area contributed by atoms with Gasteiger partial charge in [-0.2, -0.15) is 5.10 Å². The fraction of sp³-hybridized carbons (Fsp3) is 0.188. The maximum absolute atomic E-state index is 5.24. The van der Waals surface area contributed by atoms with Crippen molar-refractivity contribution in [2.75, 3.05) is 14.2 Å². The molecule has 0 aliphatic rings. The van der Waals surface area contributed by atoms with Crippen molar-refractivity contribution < 1.29 is 9.47 Å². The Balaban J connectivity index is 2.10. The lowest BCUT2D eigenvalue weighted by Gasteiger charge is -2.07. The second-order valence-electron chi connectivity index (χ2n) is 4.65. The van der Waals surface area contributed by atoms with Gasteiger partial charge in [-0.05, 0) is 48.9 Å². The molecule has 0 radical (unpaired) electrons. The third-order valence-corrected chi connectivity index (χ3v) is 3.36. The number of nitrogens with zero attached hydrogens (tertiary/aromatic N) is 2. The maximum atomic E-state index is 5.24. The summed E-state index contributed by atoms with van der Waals surface area (Å²) in [6.45, 7) is 2.05. The molecule has 0 saturated carbocycles. The van der Waals surface area contributed by atoms with Crippen molar-refractivity contribution in [3.63, 3.8) is 0 Å². The van der Waals surface area contributed by atoms with Crippen LogP contribution in [-0.2, 0) is 0 Å². The highest BCUT2D eigenvalue weighted by Crippen LogP contribution is 2.24. The largest absolute Gasteiger partial charge is 0.497 e. The van der Waals surface area contributed by atoms with E-state index in [2.05, 4.69) is 5.10 Å². The molecule has 0 unspecified atom stereocenters. The Labute approximate surface area is 117 Å². The first kappa shape index (κ1) is 12.5.